The summed E-state index contributed by atoms with van der Waals surface area (Å²) in [5, 5.41) is 8.66. The molecule has 3 nitrogen and oxygen atoms in total. The van der Waals surface area contributed by atoms with Gasteiger partial charge in [-0.2, -0.15) is 0 Å². The topological polar surface area (TPSA) is 42.4 Å². The predicted octanol–water partition coefficient (Wildman–Crippen LogP) is 3.96. The summed E-state index contributed by atoms with van der Waals surface area (Å²) >= 11 is 0. The molecule has 0 fully saturated rings. The Morgan fingerprint density at radius 2 is 1.32 bits per heavy atom. The summed E-state index contributed by atoms with van der Waals surface area (Å²) < 4.78 is 5.61. The standard InChI is InChI=1S/C16H27NO2/c18-14-8-6-4-2-1-3-5-7-9-15-19-16-10-12-17-13-11-16/h10-13,18H,1-9,14-15H2. The van der Waals surface area contributed by atoms with E-state index in [1.54, 1.807) is 12.4 Å². The minimum Gasteiger partial charge on any atom is -0.493 e. The average Bonchev–Trinajstić information content (AvgIpc) is 2.46. The highest BCUT2D eigenvalue weighted by atomic mass is 16.5. The van der Waals surface area contributed by atoms with Gasteiger partial charge in [0.2, 0.25) is 0 Å². The number of aromatic nitrogens is 1. The molecule has 0 atom stereocenters. The van der Waals surface area contributed by atoms with E-state index in [2.05, 4.69) is 4.98 Å². The third-order valence-electron chi connectivity index (χ3n) is 3.22. The van der Waals surface area contributed by atoms with E-state index >= 15 is 0 Å². The largest absolute Gasteiger partial charge is 0.493 e. The lowest BCUT2D eigenvalue weighted by atomic mass is 10.1. The van der Waals surface area contributed by atoms with Crippen molar-refractivity contribution in [2.45, 2.75) is 57.8 Å². The Hall–Kier alpha value is -1.09. The molecule has 0 spiro atoms. The molecule has 0 saturated heterocycles. The van der Waals surface area contributed by atoms with Gasteiger partial charge in [-0.05, 0) is 25.0 Å². The fraction of sp³-hybridized carbons (Fsp3) is 0.688. The zero-order chi connectivity index (χ0) is 13.6. The molecule has 108 valence electrons. The summed E-state index contributed by atoms with van der Waals surface area (Å²) in [6.45, 7) is 1.15. The third-order valence-corrected chi connectivity index (χ3v) is 3.22. The predicted molar refractivity (Wildman–Crippen MR) is 78.4 cm³/mol. The molecule has 0 aliphatic heterocycles. The zero-order valence-corrected chi connectivity index (χ0v) is 11.9. The molecular formula is C16H27NO2. The molecule has 1 aromatic rings. The lowest BCUT2D eigenvalue weighted by Gasteiger charge is -2.05. The van der Waals surface area contributed by atoms with E-state index in [9.17, 15) is 0 Å². The molecular weight excluding hydrogens is 238 g/mol. The second-order valence-electron chi connectivity index (χ2n) is 4.94. The maximum absolute atomic E-state index is 8.66. The third kappa shape index (κ3) is 9.48. The van der Waals surface area contributed by atoms with Gasteiger partial charge >= 0.3 is 0 Å². The highest BCUT2D eigenvalue weighted by Crippen LogP contribution is 2.11. The first-order chi connectivity index (χ1) is 9.43. The maximum atomic E-state index is 8.66. The molecule has 0 aliphatic rings. The molecule has 0 unspecified atom stereocenters. The van der Waals surface area contributed by atoms with Crippen LogP contribution in [0, 0.1) is 0 Å². The Balaban J connectivity index is 1.79. The minimum absolute atomic E-state index is 0.345. The lowest BCUT2D eigenvalue weighted by molar-refractivity contribution is 0.282. The van der Waals surface area contributed by atoms with Crippen LogP contribution in [-0.4, -0.2) is 23.3 Å². The van der Waals surface area contributed by atoms with Gasteiger partial charge in [0, 0.05) is 19.0 Å². The van der Waals surface area contributed by atoms with Gasteiger partial charge in [-0.15, -0.1) is 0 Å². The molecule has 1 heterocycles. The maximum Gasteiger partial charge on any atom is 0.122 e. The van der Waals surface area contributed by atoms with Crippen molar-refractivity contribution in [3.05, 3.63) is 24.5 Å². The number of unbranched alkanes of at least 4 members (excludes halogenated alkanes) is 8. The number of hydrogen-bond donors (Lipinski definition) is 1. The Morgan fingerprint density at radius 1 is 0.789 bits per heavy atom. The molecule has 0 aliphatic carbocycles. The van der Waals surface area contributed by atoms with E-state index in [1.165, 1.54) is 44.9 Å². The number of aliphatic hydroxyl groups excluding tert-OH is 1. The van der Waals surface area contributed by atoms with Gasteiger partial charge in [0.15, 0.2) is 0 Å². The van der Waals surface area contributed by atoms with Crippen molar-refractivity contribution in [3.63, 3.8) is 0 Å². The van der Waals surface area contributed by atoms with E-state index < -0.39 is 0 Å². The van der Waals surface area contributed by atoms with Crippen LogP contribution in [-0.2, 0) is 0 Å². The molecule has 0 amide bonds. The summed E-state index contributed by atoms with van der Waals surface area (Å²) in [4.78, 5) is 3.96. The van der Waals surface area contributed by atoms with Gasteiger partial charge in [-0.1, -0.05) is 44.9 Å². The van der Waals surface area contributed by atoms with E-state index in [1.807, 2.05) is 12.1 Å². The lowest BCUT2D eigenvalue weighted by Crippen LogP contribution is -1.97. The molecule has 1 rings (SSSR count). The minimum atomic E-state index is 0.345. The number of hydrogen-bond acceptors (Lipinski definition) is 3. The number of aliphatic hydroxyl groups is 1. The molecule has 3 heteroatoms. The molecule has 0 radical (unpaired) electrons. The second kappa shape index (κ2) is 12.0. The SMILES string of the molecule is OCCCCCCCCCCCOc1ccncc1. The molecule has 0 aromatic carbocycles. The van der Waals surface area contributed by atoms with Crippen LogP contribution < -0.4 is 4.74 Å². The Bertz CT molecular complexity index is 290. The molecule has 1 aromatic heterocycles. The normalized spacial score (nSPS) is 10.6. The van der Waals surface area contributed by atoms with Gasteiger partial charge in [-0.3, -0.25) is 4.98 Å². The molecule has 1 N–H and O–H groups in total. The summed E-state index contributed by atoms with van der Waals surface area (Å²) in [6, 6.07) is 3.79. The summed E-state index contributed by atoms with van der Waals surface area (Å²) in [6.07, 6.45) is 14.6. The molecule has 19 heavy (non-hydrogen) atoms. The fourth-order valence-electron chi connectivity index (χ4n) is 2.08. The van der Waals surface area contributed by atoms with Crippen LogP contribution in [0.25, 0.3) is 0 Å². The summed E-state index contributed by atoms with van der Waals surface area (Å²) in [5.74, 6) is 0.916. The van der Waals surface area contributed by atoms with E-state index in [0.29, 0.717) is 6.61 Å². The van der Waals surface area contributed by atoms with Gasteiger partial charge in [-0.25, -0.2) is 0 Å². The second-order valence-corrected chi connectivity index (χ2v) is 4.94. The Kier molecular flexibility index (Phi) is 10.1. The van der Waals surface area contributed by atoms with Crippen molar-refractivity contribution in [2.75, 3.05) is 13.2 Å². The van der Waals surface area contributed by atoms with Crippen LogP contribution in [0.1, 0.15) is 57.8 Å². The van der Waals surface area contributed by atoms with Crippen molar-refractivity contribution < 1.29 is 9.84 Å². The zero-order valence-electron chi connectivity index (χ0n) is 11.9. The van der Waals surface area contributed by atoms with Crippen LogP contribution >= 0.6 is 0 Å². The number of ether oxygens (including phenoxy) is 1. The van der Waals surface area contributed by atoms with E-state index in [4.69, 9.17) is 9.84 Å². The smallest absolute Gasteiger partial charge is 0.122 e. The Morgan fingerprint density at radius 3 is 1.89 bits per heavy atom. The van der Waals surface area contributed by atoms with Gasteiger partial charge < -0.3 is 9.84 Å². The van der Waals surface area contributed by atoms with Crippen molar-refractivity contribution in [3.8, 4) is 5.75 Å². The van der Waals surface area contributed by atoms with Crippen LogP contribution in [0.2, 0.25) is 0 Å². The monoisotopic (exact) mass is 265 g/mol. The summed E-state index contributed by atoms with van der Waals surface area (Å²) in [5.41, 5.74) is 0. The first-order valence-electron chi connectivity index (χ1n) is 7.57. The van der Waals surface area contributed by atoms with E-state index in [0.717, 1.165) is 25.2 Å². The first kappa shape index (κ1) is 16.0. The van der Waals surface area contributed by atoms with E-state index in [-0.39, 0.29) is 0 Å². The van der Waals surface area contributed by atoms with Crippen molar-refractivity contribution in [2.24, 2.45) is 0 Å². The fourth-order valence-corrected chi connectivity index (χ4v) is 2.08. The molecule has 0 bridgehead atoms. The highest BCUT2D eigenvalue weighted by Gasteiger charge is 1.94. The average molecular weight is 265 g/mol. The van der Waals surface area contributed by atoms with Gasteiger partial charge in [0.25, 0.3) is 0 Å². The van der Waals surface area contributed by atoms with Gasteiger partial charge in [0.05, 0.1) is 6.61 Å². The van der Waals surface area contributed by atoms with Gasteiger partial charge in [0.1, 0.15) is 5.75 Å². The van der Waals surface area contributed by atoms with Crippen LogP contribution in [0.4, 0.5) is 0 Å². The first-order valence-corrected chi connectivity index (χ1v) is 7.57. The Labute approximate surface area is 117 Å². The number of nitrogens with zero attached hydrogens (tertiary/aromatic N) is 1. The van der Waals surface area contributed by atoms with Crippen LogP contribution in [0.5, 0.6) is 5.75 Å². The summed E-state index contributed by atoms with van der Waals surface area (Å²) in [7, 11) is 0. The van der Waals surface area contributed by atoms with Crippen molar-refractivity contribution >= 4 is 0 Å². The molecule has 0 saturated carbocycles. The highest BCUT2D eigenvalue weighted by molar-refractivity contribution is 5.16. The van der Waals surface area contributed by atoms with Crippen LogP contribution in [0.15, 0.2) is 24.5 Å². The number of pyridine rings is 1. The number of rotatable bonds is 12. The van der Waals surface area contributed by atoms with Crippen molar-refractivity contribution in [1.29, 1.82) is 0 Å². The van der Waals surface area contributed by atoms with Crippen LogP contribution in [0.3, 0.4) is 0 Å². The van der Waals surface area contributed by atoms with Crippen molar-refractivity contribution in [1.82, 2.24) is 4.98 Å². The quantitative estimate of drug-likeness (QED) is 0.582.